The molecule has 1 saturated heterocycles. The van der Waals surface area contributed by atoms with Crippen LogP contribution in [0, 0.1) is 0 Å². The molecule has 0 aliphatic carbocycles. The Labute approximate surface area is 171 Å². The molecule has 2 aromatic carbocycles. The van der Waals surface area contributed by atoms with Gasteiger partial charge in [0.1, 0.15) is 0 Å². The van der Waals surface area contributed by atoms with E-state index in [0.717, 1.165) is 37.9 Å². The number of aryl methyl sites for hydroxylation is 1. The number of nitrogens with zero attached hydrogens (tertiary/aromatic N) is 1. The quantitative estimate of drug-likeness (QED) is 0.735. The molecule has 1 N–H and O–H groups in total. The molecular formula is C23H28N2O4. The summed E-state index contributed by atoms with van der Waals surface area (Å²) in [7, 11) is 3.22. The molecule has 0 radical (unpaired) electrons. The monoisotopic (exact) mass is 396 g/mol. The summed E-state index contributed by atoms with van der Waals surface area (Å²) in [6.07, 6.45) is 4.00. The largest absolute Gasteiger partial charge is 0.493 e. The minimum absolute atomic E-state index is 0.0343. The second-order valence-corrected chi connectivity index (χ2v) is 7.17. The third kappa shape index (κ3) is 5.50. The molecule has 1 heterocycles. The van der Waals surface area contributed by atoms with Crippen molar-refractivity contribution in [2.45, 2.75) is 32.1 Å². The second-order valence-electron chi connectivity index (χ2n) is 7.17. The van der Waals surface area contributed by atoms with Gasteiger partial charge in [0.2, 0.25) is 5.91 Å². The average molecular weight is 396 g/mol. The van der Waals surface area contributed by atoms with Crippen LogP contribution >= 0.6 is 0 Å². The molecule has 6 heteroatoms. The van der Waals surface area contributed by atoms with Crippen LogP contribution in [0.5, 0.6) is 11.5 Å². The van der Waals surface area contributed by atoms with E-state index in [1.807, 2.05) is 35.2 Å². The topological polar surface area (TPSA) is 67.9 Å². The number of carbonyl (C=O) groups excluding carboxylic acids is 2. The molecule has 2 aromatic rings. The molecule has 0 bridgehead atoms. The van der Waals surface area contributed by atoms with Gasteiger partial charge in [0.05, 0.1) is 14.2 Å². The van der Waals surface area contributed by atoms with Gasteiger partial charge in [-0.1, -0.05) is 12.1 Å². The number of likely N-dealkylation sites (tertiary alicyclic amines) is 1. The van der Waals surface area contributed by atoms with Crippen LogP contribution < -0.4 is 14.8 Å². The van der Waals surface area contributed by atoms with E-state index in [9.17, 15) is 9.59 Å². The van der Waals surface area contributed by atoms with Crippen LogP contribution in [-0.4, -0.2) is 44.0 Å². The summed E-state index contributed by atoms with van der Waals surface area (Å²) in [4.78, 5) is 26.7. The Balaban J connectivity index is 1.51. The van der Waals surface area contributed by atoms with Crippen molar-refractivity contribution < 1.29 is 19.1 Å². The van der Waals surface area contributed by atoms with Crippen molar-refractivity contribution in [1.82, 2.24) is 4.90 Å². The Kier molecular flexibility index (Phi) is 7.11. The maximum atomic E-state index is 12.5. The van der Waals surface area contributed by atoms with E-state index in [1.165, 1.54) is 0 Å². The van der Waals surface area contributed by atoms with Crippen molar-refractivity contribution >= 4 is 17.5 Å². The molecule has 3 rings (SSSR count). The lowest BCUT2D eigenvalue weighted by Gasteiger charge is -2.15. The van der Waals surface area contributed by atoms with Gasteiger partial charge in [-0.05, 0) is 61.6 Å². The third-order valence-electron chi connectivity index (χ3n) is 5.10. The van der Waals surface area contributed by atoms with Crippen molar-refractivity contribution in [3.63, 3.8) is 0 Å². The van der Waals surface area contributed by atoms with Gasteiger partial charge in [0.25, 0.3) is 5.91 Å². The van der Waals surface area contributed by atoms with Gasteiger partial charge in [-0.2, -0.15) is 0 Å². The highest BCUT2D eigenvalue weighted by Gasteiger charge is 2.19. The third-order valence-corrected chi connectivity index (χ3v) is 5.10. The predicted molar refractivity (Wildman–Crippen MR) is 113 cm³/mol. The second kappa shape index (κ2) is 9.96. The van der Waals surface area contributed by atoms with E-state index >= 15 is 0 Å². The molecule has 2 amide bonds. The SMILES string of the molecule is COc1ccc(CCCC(=O)Nc2cccc(C(=O)N3CCCC3)c2)cc1OC. The molecule has 1 aliphatic heterocycles. The van der Waals surface area contributed by atoms with E-state index in [1.54, 1.807) is 26.4 Å². The number of amides is 2. The van der Waals surface area contributed by atoms with Crippen LogP contribution in [-0.2, 0) is 11.2 Å². The summed E-state index contributed by atoms with van der Waals surface area (Å²) in [6, 6.07) is 13.0. The summed E-state index contributed by atoms with van der Waals surface area (Å²) in [5.41, 5.74) is 2.37. The van der Waals surface area contributed by atoms with Crippen LogP contribution in [0.4, 0.5) is 5.69 Å². The molecule has 0 spiro atoms. The van der Waals surface area contributed by atoms with Gasteiger partial charge in [0, 0.05) is 30.8 Å². The fourth-order valence-corrected chi connectivity index (χ4v) is 3.55. The van der Waals surface area contributed by atoms with Gasteiger partial charge in [-0.15, -0.1) is 0 Å². The summed E-state index contributed by atoms with van der Waals surface area (Å²) in [5.74, 6) is 1.36. The van der Waals surface area contributed by atoms with Crippen LogP contribution in [0.25, 0.3) is 0 Å². The molecule has 0 unspecified atom stereocenters. The summed E-state index contributed by atoms with van der Waals surface area (Å²) < 4.78 is 10.6. The lowest BCUT2D eigenvalue weighted by molar-refractivity contribution is -0.116. The van der Waals surface area contributed by atoms with E-state index in [-0.39, 0.29) is 11.8 Å². The standard InChI is InChI=1S/C23H28N2O4/c1-28-20-12-11-17(15-21(20)29-2)7-5-10-22(26)24-19-9-6-8-18(16-19)23(27)25-13-3-4-14-25/h6,8-9,11-12,15-16H,3-5,7,10,13-14H2,1-2H3,(H,24,26). The van der Waals surface area contributed by atoms with Gasteiger partial charge in [0.15, 0.2) is 11.5 Å². The van der Waals surface area contributed by atoms with Crippen LogP contribution in [0.2, 0.25) is 0 Å². The molecule has 6 nitrogen and oxygen atoms in total. The fraction of sp³-hybridized carbons (Fsp3) is 0.391. The molecular weight excluding hydrogens is 368 g/mol. The maximum absolute atomic E-state index is 12.5. The number of nitrogens with one attached hydrogen (secondary N) is 1. The first-order valence-corrected chi connectivity index (χ1v) is 10.0. The first-order chi connectivity index (χ1) is 14.1. The molecule has 0 saturated carbocycles. The molecule has 154 valence electrons. The smallest absolute Gasteiger partial charge is 0.253 e. The number of ether oxygens (including phenoxy) is 2. The normalized spacial score (nSPS) is 13.2. The lowest BCUT2D eigenvalue weighted by atomic mass is 10.1. The van der Waals surface area contributed by atoms with Crippen molar-refractivity contribution in [3.8, 4) is 11.5 Å². The Morgan fingerprint density at radius 2 is 1.76 bits per heavy atom. The Bertz CT molecular complexity index is 860. The highest BCUT2D eigenvalue weighted by molar-refractivity contribution is 5.97. The highest BCUT2D eigenvalue weighted by Crippen LogP contribution is 2.28. The van der Waals surface area contributed by atoms with Crippen LogP contribution in [0.3, 0.4) is 0 Å². The Hall–Kier alpha value is -3.02. The Morgan fingerprint density at radius 3 is 2.48 bits per heavy atom. The van der Waals surface area contributed by atoms with Crippen molar-refractivity contribution in [1.29, 1.82) is 0 Å². The molecule has 1 fully saturated rings. The zero-order valence-electron chi connectivity index (χ0n) is 17.1. The zero-order chi connectivity index (χ0) is 20.6. The maximum Gasteiger partial charge on any atom is 0.253 e. The summed E-state index contributed by atoms with van der Waals surface area (Å²) >= 11 is 0. The molecule has 0 aromatic heterocycles. The minimum atomic E-state index is -0.0590. The minimum Gasteiger partial charge on any atom is -0.493 e. The molecule has 0 atom stereocenters. The first kappa shape index (κ1) is 20.7. The fourth-order valence-electron chi connectivity index (χ4n) is 3.55. The van der Waals surface area contributed by atoms with E-state index in [4.69, 9.17) is 9.47 Å². The van der Waals surface area contributed by atoms with E-state index < -0.39 is 0 Å². The van der Waals surface area contributed by atoms with Crippen LogP contribution in [0.15, 0.2) is 42.5 Å². The van der Waals surface area contributed by atoms with Gasteiger partial charge in [-0.25, -0.2) is 0 Å². The number of benzene rings is 2. The summed E-state index contributed by atoms with van der Waals surface area (Å²) in [6.45, 7) is 1.62. The highest BCUT2D eigenvalue weighted by atomic mass is 16.5. The number of carbonyl (C=O) groups is 2. The van der Waals surface area contributed by atoms with Gasteiger partial charge >= 0.3 is 0 Å². The van der Waals surface area contributed by atoms with Gasteiger partial charge in [-0.3, -0.25) is 9.59 Å². The number of hydrogen-bond donors (Lipinski definition) is 1. The van der Waals surface area contributed by atoms with E-state index in [0.29, 0.717) is 35.6 Å². The average Bonchev–Trinajstić information content (AvgIpc) is 3.28. The van der Waals surface area contributed by atoms with Gasteiger partial charge < -0.3 is 19.7 Å². The first-order valence-electron chi connectivity index (χ1n) is 10.0. The van der Waals surface area contributed by atoms with E-state index in [2.05, 4.69) is 5.32 Å². The van der Waals surface area contributed by atoms with Crippen molar-refractivity contribution in [3.05, 3.63) is 53.6 Å². The lowest BCUT2D eigenvalue weighted by Crippen LogP contribution is -2.27. The van der Waals surface area contributed by atoms with Crippen molar-refractivity contribution in [2.24, 2.45) is 0 Å². The molecule has 29 heavy (non-hydrogen) atoms. The number of anilines is 1. The van der Waals surface area contributed by atoms with Crippen molar-refractivity contribution in [2.75, 3.05) is 32.6 Å². The Morgan fingerprint density at radius 1 is 1.00 bits per heavy atom. The number of hydrogen-bond acceptors (Lipinski definition) is 4. The number of methoxy groups -OCH3 is 2. The number of rotatable bonds is 8. The summed E-state index contributed by atoms with van der Waals surface area (Å²) in [5, 5.41) is 2.90. The molecule has 1 aliphatic rings. The zero-order valence-corrected chi connectivity index (χ0v) is 17.1. The van der Waals surface area contributed by atoms with Crippen LogP contribution in [0.1, 0.15) is 41.6 Å². The predicted octanol–water partition coefficient (Wildman–Crippen LogP) is 3.90.